The third-order valence-corrected chi connectivity index (χ3v) is 3.92. The van der Waals surface area contributed by atoms with E-state index in [0.717, 1.165) is 23.3 Å². The summed E-state index contributed by atoms with van der Waals surface area (Å²) in [6.07, 6.45) is 1.90. The summed E-state index contributed by atoms with van der Waals surface area (Å²) in [6, 6.07) is 6.51. The third-order valence-electron chi connectivity index (χ3n) is 3.18. The van der Waals surface area contributed by atoms with Crippen LogP contribution in [0.25, 0.3) is 0 Å². The van der Waals surface area contributed by atoms with Crippen molar-refractivity contribution in [2.45, 2.75) is 26.9 Å². The minimum Gasteiger partial charge on any atom is -0.330 e. The number of nitrogens with zero attached hydrogens (tertiary/aromatic N) is 2. The molecule has 0 radical (unpaired) electrons. The van der Waals surface area contributed by atoms with Crippen molar-refractivity contribution in [3.63, 3.8) is 0 Å². The van der Waals surface area contributed by atoms with E-state index in [0.29, 0.717) is 0 Å². The highest BCUT2D eigenvalue weighted by molar-refractivity contribution is 9.10. The Morgan fingerprint density at radius 3 is 2.67 bits per heavy atom. The molecule has 0 fully saturated rings. The summed E-state index contributed by atoms with van der Waals surface area (Å²) >= 11 is 3.64. The Morgan fingerprint density at radius 1 is 1.33 bits per heavy atom. The SMILES string of the molecule is CNCc1ccc(Cn2cnc(C)c2C)c(Br)c1. The van der Waals surface area contributed by atoms with Crippen LogP contribution in [0.3, 0.4) is 0 Å². The summed E-state index contributed by atoms with van der Waals surface area (Å²) in [5.41, 5.74) is 4.88. The molecule has 0 amide bonds. The standard InChI is InChI=1S/C14H18BrN3/c1-10-11(2)18(9-17-10)8-13-5-4-12(7-16-3)6-14(13)15/h4-6,9,16H,7-8H2,1-3H3. The van der Waals surface area contributed by atoms with Crippen LogP contribution in [0.4, 0.5) is 0 Å². The van der Waals surface area contributed by atoms with E-state index in [1.807, 2.05) is 20.3 Å². The van der Waals surface area contributed by atoms with Crippen LogP contribution < -0.4 is 5.32 Å². The van der Waals surface area contributed by atoms with Gasteiger partial charge in [0.05, 0.1) is 12.0 Å². The van der Waals surface area contributed by atoms with Crippen LogP contribution in [0.2, 0.25) is 0 Å². The molecular weight excluding hydrogens is 290 g/mol. The van der Waals surface area contributed by atoms with Crippen LogP contribution in [0, 0.1) is 13.8 Å². The summed E-state index contributed by atoms with van der Waals surface area (Å²) in [5, 5.41) is 3.16. The molecule has 0 bridgehead atoms. The van der Waals surface area contributed by atoms with Crippen molar-refractivity contribution in [1.29, 1.82) is 0 Å². The summed E-state index contributed by atoms with van der Waals surface area (Å²) in [5.74, 6) is 0. The van der Waals surface area contributed by atoms with Crippen molar-refractivity contribution in [2.75, 3.05) is 7.05 Å². The average molecular weight is 308 g/mol. The molecule has 0 spiro atoms. The van der Waals surface area contributed by atoms with Crippen LogP contribution in [-0.4, -0.2) is 16.6 Å². The van der Waals surface area contributed by atoms with E-state index >= 15 is 0 Å². The zero-order chi connectivity index (χ0) is 13.1. The van der Waals surface area contributed by atoms with Gasteiger partial charge in [-0.2, -0.15) is 0 Å². The van der Waals surface area contributed by atoms with Crippen molar-refractivity contribution < 1.29 is 0 Å². The fourth-order valence-electron chi connectivity index (χ4n) is 1.92. The van der Waals surface area contributed by atoms with E-state index in [-0.39, 0.29) is 0 Å². The van der Waals surface area contributed by atoms with E-state index in [1.165, 1.54) is 16.8 Å². The third kappa shape index (κ3) is 2.82. The van der Waals surface area contributed by atoms with Gasteiger partial charge in [0.25, 0.3) is 0 Å². The maximum Gasteiger partial charge on any atom is 0.0954 e. The molecule has 0 saturated heterocycles. The monoisotopic (exact) mass is 307 g/mol. The van der Waals surface area contributed by atoms with Crippen LogP contribution in [0.15, 0.2) is 29.0 Å². The van der Waals surface area contributed by atoms with Crippen LogP contribution in [-0.2, 0) is 13.1 Å². The second kappa shape index (κ2) is 5.67. The largest absolute Gasteiger partial charge is 0.330 e. The molecule has 96 valence electrons. The molecule has 0 aliphatic rings. The Bertz CT molecular complexity index is 546. The van der Waals surface area contributed by atoms with Gasteiger partial charge in [-0.15, -0.1) is 0 Å². The number of benzene rings is 1. The maximum absolute atomic E-state index is 4.33. The lowest BCUT2D eigenvalue weighted by atomic mass is 10.1. The van der Waals surface area contributed by atoms with Gasteiger partial charge < -0.3 is 9.88 Å². The fraction of sp³-hybridized carbons (Fsp3) is 0.357. The van der Waals surface area contributed by atoms with Gasteiger partial charge in [-0.05, 0) is 38.1 Å². The molecule has 2 rings (SSSR count). The highest BCUT2D eigenvalue weighted by Crippen LogP contribution is 2.20. The van der Waals surface area contributed by atoms with Gasteiger partial charge in [-0.3, -0.25) is 0 Å². The number of aryl methyl sites for hydroxylation is 1. The number of imidazole rings is 1. The van der Waals surface area contributed by atoms with Gasteiger partial charge >= 0.3 is 0 Å². The molecule has 0 aliphatic heterocycles. The van der Waals surface area contributed by atoms with Gasteiger partial charge in [-0.25, -0.2) is 4.98 Å². The molecule has 0 aliphatic carbocycles. The van der Waals surface area contributed by atoms with Gasteiger partial charge in [0.2, 0.25) is 0 Å². The molecule has 0 unspecified atom stereocenters. The lowest BCUT2D eigenvalue weighted by Gasteiger charge is -2.09. The Morgan fingerprint density at radius 2 is 2.11 bits per heavy atom. The average Bonchev–Trinajstić information content (AvgIpc) is 2.65. The summed E-state index contributed by atoms with van der Waals surface area (Å²) in [6.45, 7) is 5.89. The molecule has 3 nitrogen and oxygen atoms in total. The summed E-state index contributed by atoms with van der Waals surface area (Å²) in [7, 11) is 1.96. The first kappa shape index (κ1) is 13.3. The zero-order valence-electron chi connectivity index (χ0n) is 11.0. The highest BCUT2D eigenvalue weighted by atomic mass is 79.9. The Balaban J connectivity index is 2.22. The molecule has 2 aromatic rings. The van der Waals surface area contributed by atoms with Crippen molar-refractivity contribution >= 4 is 15.9 Å². The van der Waals surface area contributed by atoms with Crippen molar-refractivity contribution in [1.82, 2.24) is 14.9 Å². The lowest BCUT2D eigenvalue weighted by molar-refractivity contribution is 0.763. The Kier molecular flexibility index (Phi) is 4.19. The Hall–Kier alpha value is -1.13. The van der Waals surface area contributed by atoms with E-state index in [9.17, 15) is 0 Å². The van der Waals surface area contributed by atoms with Crippen LogP contribution in [0.1, 0.15) is 22.5 Å². The molecular formula is C14H18BrN3. The summed E-state index contributed by atoms with van der Waals surface area (Å²) in [4.78, 5) is 4.33. The van der Waals surface area contributed by atoms with Gasteiger partial charge in [0, 0.05) is 23.3 Å². The van der Waals surface area contributed by atoms with Crippen molar-refractivity contribution in [3.8, 4) is 0 Å². The first-order valence-electron chi connectivity index (χ1n) is 6.02. The Labute approximate surface area is 116 Å². The van der Waals surface area contributed by atoms with Crippen molar-refractivity contribution in [3.05, 3.63) is 51.5 Å². The molecule has 1 N–H and O–H groups in total. The number of rotatable bonds is 4. The zero-order valence-corrected chi connectivity index (χ0v) is 12.6. The first-order valence-corrected chi connectivity index (χ1v) is 6.81. The molecule has 0 atom stereocenters. The summed E-state index contributed by atoms with van der Waals surface area (Å²) < 4.78 is 3.33. The molecule has 0 saturated carbocycles. The first-order chi connectivity index (χ1) is 8.61. The number of nitrogens with one attached hydrogen (secondary N) is 1. The minimum absolute atomic E-state index is 0.854. The number of aromatic nitrogens is 2. The second-order valence-corrected chi connectivity index (χ2v) is 5.35. The molecule has 18 heavy (non-hydrogen) atoms. The molecule has 1 heterocycles. The van der Waals surface area contributed by atoms with Gasteiger partial charge in [-0.1, -0.05) is 28.1 Å². The topological polar surface area (TPSA) is 29.9 Å². The normalized spacial score (nSPS) is 10.9. The predicted molar refractivity (Wildman–Crippen MR) is 77.7 cm³/mol. The predicted octanol–water partition coefficient (Wildman–Crippen LogP) is 3.03. The fourth-order valence-corrected chi connectivity index (χ4v) is 2.47. The van der Waals surface area contributed by atoms with E-state index in [1.54, 1.807) is 0 Å². The van der Waals surface area contributed by atoms with E-state index < -0.39 is 0 Å². The second-order valence-electron chi connectivity index (χ2n) is 4.50. The van der Waals surface area contributed by atoms with Gasteiger partial charge in [0.15, 0.2) is 0 Å². The molecule has 4 heteroatoms. The molecule has 1 aromatic heterocycles. The van der Waals surface area contributed by atoms with E-state index in [4.69, 9.17) is 0 Å². The number of hydrogen-bond donors (Lipinski definition) is 1. The molecule has 1 aromatic carbocycles. The van der Waals surface area contributed by atoms with Crippen molar-refractivity contribution in [2.24, 2.45) is 0 Å². The smallest absolute Gasteiger partial charge is 0.0954 e. The maximum atomic E-state index is 4.33. The number of halogens is 1. The van der Waals surface area contributed by atoms with Crippen LogP contribution in [0.5, 0.6) is 0 Å². The number of hydrogen-bond acceptors (Lipinski definition) is 2. The minimum atomic E-state index is 0.854. The lowest BCUT2D eigenvalue weighted by Crippen LogP contribution is -2.06. The van der Waals surface area contributed by atoms with E-state index in [2.05, 4.69) is 55.9 Å². The van der Waals surface area contributed by atoms with Gasteiger partial charge in [0.1, 0.15) is 0 Å². The quantitative estimate of drug-likeness (QED) is 0.941. The highest BCUT2D eigenvalue weighted by Gasteiger charge is 2.06. The van der Waals surface area contributed by atoms with Crippen LogP contribution >= 0.6 is 15.9 Å².